The molecule has 0 aromatic heterocycles. The fourth-order valence-electron chi connectivity index (χ4n) is 2.86. The van der Waals surface area contributed by atoms with E-state index in [2.05, 4.69) is 0 Å². The molecule has 0 fully saturated rings. The van der Waals surface area contributed by atoms with Gasteiger partial charge in [-0.25, -0.2) is 0 Å². The van der Waals surface area contributed by atoms with Crippen LogP contribution in [0.5, 0.6) is 0 Å². The van der Waals surface area contributed by atoms with Crippen molar-refractivity contribution in [2.45, 2.75) is 0 Å². The van der Waals surface area contributed by atoms with Crippen LogP contribution in [-0.4, -0.2) is 0 Å². The average Bonchev–Trinajstić information content (AvgIpc) is 2.70. The number of nitrogen functional groups attached to an aromatic ring is 4. The third kappa shape index (κ3) is 4.83. The van der Waals surface area contributed by atoms with Crippen LogP contribution in [0.1, 0.15) is 0 Å². The first-order valence-electron chi connectivity index (χ1n) is 8.95. The van der Waals surface area contributed by atoms with Gasteiger partial charge in [0.25, 0.3) is 0 Å². The average molecular weight is 368 g/mol. The lowest BCUT2D eigenvalue weighted by Gasteiger charge is -2.05. The molecule has 0 spiro atoms. The van der Waals surface area contributed by atoms with Gasteiger partial charge >= 0.3 is 0 Å². The van der Waals surface area contributed by atoms with Crippen LogP contribution in [-0.2, 0) is 0 Å². The molecule has 28 heavy (non-hydrogen) atoms. The van der Waals surface area contributed by atoms with Gasteiger partial charge in [0.05, 0.1) is 0 Å². The second kappa shape index (κ2) is 8.64. The Bertz CT molecular complexity index is 1010. The van der Waals surface area contributed by atoms with Crippen molar-refractivity contribution in [2.75, 3.05) is 22.9 Å². The zero-order valence-corrected chi connectivity index (χ0v) is 15.5. The molecule has 4 heteroatoms. The van der Waals surface area contributed by atoms with Crippen molar-refractivity contribution in [2.24, 2.45) is 0 Å². The summed E-state index contributed by atoms with van der Waals surface area (Å²) in [7, 11) is 0. The van der Waals surface area contributed by atoms with Gasteiger partial charge in [0.1, 0.15) is 0 Å². The van der Waals surface area contributed by atoms with Gasteiger partial charge in [-0.2, -0.15) is 0 Å². The quantitative estimate of drug-likeness (QED) is 0.372. The predicted molar refractivity (Wildman–Crippen MR) is 121 cm³/mol. The van der Waals surface area contributed by atoms with Crippen LogP contribution >= 0.6 is 0 Å². The van der Waals surface area contributed by atoms with Crippen LogP contribution in [0.3, 0.4) is 0 Å². The highest BCUT2D eigenvalue weighted by Gasteiger charge is 2.00. The Morgan fingerprint density at radius 2 is 0.929 bits per heavy atom. The summed E-state index contributed by atoms with van der Waals surface area (Å²) >= 11 is 0. The Morgan fingerprint density at radius 3 is 1.43 bits per heavy atom. The highest BCUT2D eigenvalue weighted by molar-refractivity contribution is 5.76. The SMILES string of the molecule is Nc1ccc(-c2ccccc2N)cc1.Nc1cccc(-c2cccc(N)c2)c1. The van der Waals surface area contributed by atoms with Crippen molar-refractivity contribution in [1.82, 2.24) is 0 Å². The van der Waals surface area contributed by atoms with Crippen molar-refractivity contribution < 1.29 is 0 Å². The second-order valence-corrected chi connectivity index (χ2v) is 6.46. The zero-order valence-electron chi connectivity index (χ0n) is 15.5. The van der Waals surface area contributed by atoms with Gasteiger partial charge in [0, 0.05) is 28.3 Å². The molecule has 0 amide bonds. The van der Waals surface area contributed by atoms with Crippen LogP contribution < -0.4 is 22.9 Å². The minimum Gasteiger partial charge on any atom is -0.399 e. The molecule has 0 unspecified atom stereocenters. The van der Waals surface area contributed by atoms with Gasteiger partial charge in [-0.05, 0) is 59.2 Å². The fourth-order valence-corrected chi connectivity index (χ4v) is 2.86. The molecule has 0 saturated carbocycles. The first kappa shape index (κ1) is 18.9. The monoisotopic (exact) mass is 368 g/mol. The van der Waals surface area contributed by atoms with E-state index in [1.165, 1.54) is 0 Å². The summed E-state index contributed by atoms with van der Waals surface area (Å²) in [4.78, 5) is 0. The number of benzene rings is 4. The van der Waals surface area contributed by atoms with Crippen LogP contribution in [0.15, 0.2) is 97.1 Å². The highest BCUT2D eigenvalue weighted by atomic mass is 14.6. The number of hydrogen-bond donors (Lipinski definition) is 4. The van der Waals surface area contributed by atoms with Crippen molar-refractivity contribution >= 4 is 22.7 Å². The molecule has 0 aliphatic rings. The van der Waals surface area contributed by atoms with Crippen LogP contribution in [0, 0.1) is 0 Å². The van der Waals surface area contributed by atoms with Gasteiger partial charge in [-0.15, -0.1) is 0 Å². The number of hydrogen-bond acceptors (Lipinski definition) is 4. The highest BCUT2D eigenvalue weighted by Crippen LogP contribution is 2.26. The Kier molecular flexibility index (Phi) is 5.82. The van der Waals surface area contributed by atoms with E-state index in [0.717, 1.165) is 45.0 Å². The molecular formula is C24H24N4. The van der Waals surface area contributed by atoms with Crippen molar-refractivity contribution in [1.29, 1.82) is 0 Å². The van der Waals surface area contributed by atoms with E-state index in [1.807, 2.05) is 97.1 Å². The van der Waals surface area contributed by atoms with Crippen LogP contribution in [0.4, 0.5) is 22.7 Å². The molecule has 140 valence electrons. The summed E-state index contributed by atoms with van der Waals surface area (Å²) < 4.78 is 0. The molecule has 4 aromatic carbocycles. The lowest BCUT2D eigenvalue weighted by Crippen LogP contribution is -1.89. The van der Waals surface area contributed by atoms with E-state index in [1.54, 1.807) is 0 Å². The van der Waals surface area contributed by atoms with Crippen molar-refractivity contribution in [3.63, 3.8) is 0 Å². The minimum absolute atomic E-state index is 0.767. The van der Waals surface area contributed by atoms with E-state index in [4.69, 9.17) is 22.9 Å². The van der Waals surface area contributed by atoms with Gasteiger partial charge in [0.2, 0.25) is 0 Å². The largest absolute Gasteiger partial charge is 0.399 e. The van der Waals surface area contributed by atoms with Gasteiger partial charge in [-0.1, -0.05) is 54.6 Å². The molecule has 0 heterocycles. The maximum absolute atomic E-state index is 5.86. The fraction of sp³-hybridized carbons (Fsp3) is 0. The maximum Gasteiger partial charge on any atom is 0.0393 e. The minimum atomic E-state index is 0.767. The maximum atomic E-state index is 5.86. The predicted octanol–water partition coefficient (Wildman–Crippen LogP) is 5.04. The Hall–Kier alpha value is -3.92. The summed E-state index contributed by atoms with van der Waals surface area (Å²) in [6.45, 7) is 0. The lowest BCUT2D eigenvalue weighted by molar-refractivity contribution is 1.60. The molecule has 4 nitrogen and oxygen atoms in total. The molecule has 0 saturated heterocycles. The molecule has 0 atom stereocenters. The van der Waals surface area contributed by atoms with Crippen LogP contribution in [0.25, 0.3) is 22.3 Å². The van der Waals surface area contributed by atoms with Gasteiger partial charge < -0.3 is 22.9 Å². The van der Waals surface area contributed by atoms with E-state index in [0.29, 0.717) is 0 Å². The number of anilines is 4. The second-order valence-electron chi connectivity index (χ2n) is 6.46. The summed E-state index contributed by atoms with van der Waals surface area (Å²) in [5.41, 5.74) is 30.3. The van der Waals surface area contributed by atoms with Crippen LogP contribution in [0.2, 0.25) is 0 Å². The molecule has 4 rings (SSSR count). The molecule has 0 aliphatic carbocycles. The van der Waals surface area contributed by atoms with Crippen molar-refractivity contribution in [3.05, 3.63) is 97.1 Å². The van der Waals surface area contributed by atoms with E-state index in [9.17, 15) is 0 Å². The summed E-state index contributed by atoms with van der Waals surface area (Å²) in [6.07, 6.45) is 0. The standard InChI is InChI=1S/2C12H12N2/c13-11-5-1-3-9(7-11)10-4-2-6-12(14)8-10;13-10-7-5-9(6-8-10)11-3-1-2-4-12(11)14/h2*1-8H,13-14H2. The molecular weight excluding hydrogens is 344 g/mol. The topological polar surface area (TPSA) is 104 Å². The molecule has 0 bridgehead atoms. The van der Waals surface area contributed by atoms with E-state index >= 15 is 0 Å². The number of rotatable bonds is 2. The van der Waals surface area contributed by atoms with Gasteiger partial charge in [0.15, 0.2) is 0 Å². The lowest BCUT2D eigenvalue weighted by atomic mass is 10.0. The first-order chi connectivity index (χ1) is 13.5. The number of para-hydroxylation sites is 1. The third-order valence-corrected chi connectivity index (χ3v) is 4.29. The normalized spacial score (nSPS) is 10.0. The molecule has 0 aliphatic heterocycles. The Balaban J connectivity index is 0.000000161. The van der Waals surface area contributed by atoms with E-state index < -0.39 is 0 Å². The molecule has 4 aromatic rings. The number of nitrogens with two attached hydrogens (primary N) is 4. The Labute approximate surface area is 165 Å². The summed E-state index contributed by atoms with van der Waals surface area (Å²) in [5.74, 6) is 0. The van der Waals surface area contributed by atoms with Gasteiger partial charge in [-0.3, -0.25) is 0 Å². The molecule has 8 N–H and O–H groups in total. The van der Waals surface area contributed by atoms with Crippen molar-refractivity contribution in [3.8, 4) is 22.3 Å². The molecule has 0 radical (unpaired) electrons. The first-order valence-corrected chi connectivity index (χ1v) is 8.95. The smallest absolute Gasteiger partial charge is 0.0393 e. The summed E-state index contributed by atoms with van der Waals surface area (Å²) in [5, 5.41) is 0. The summed E-state index contributed by atoms with van der Waals surface area (Å²) in [6, 6.07) is 31.0. The Morgan fingerprint density at radius 1 is 0.393 bits per heavy atom. The zero-order chi connectivity index (χ0) is 19.9. The third-order valence-electron chi connectivity index (χ3n) is 4.29. The van der Waals surface area contributed by atoms with E-state index in [-0.39, 0.29) is 0 Å².